The van der Waals surface area contributed by atoms with Crippen molar-refractivity contribution < 1.29 is 0 Å². The van der Waals surface area contributed by atoms with Crippen LogP contribution in [0.25, 0.3) is 207 Å². The third-order valence-corrected chi connectivity index (χ3v) is 21.6. The van der Waals surface area contributed by atoms with Crippen molar-refractivity contribution in [1.82, 2.24) is 9.13 Å². The molecule has 0 aliphatic carbocycles. The van der Waals surface area contributed by atoms with Gasteiger partial charge in [-0.25, -0.2) is 0 Å². The summed E-state index contributed by atoms with van der Waals surface area (Å²) in [4.78, 5) is 0. The SMILES string of the molecule is c1cc2c3c(c1)-n1c4ccc5c6ccccc6c6ccccc6c5c4c4c5c6ccccc6c6ccccc6c5cc(c41)B3c1cc(-c3cc4cccc5ccc6cccc3c6c54)cc3c4cc(-c5cc6cccc7ccc8cccc5c8c76)ccc4n-2c13. The van der Waals surface area contributed by atoms with Crippen LogP contribution in [0.3, 0.4) is 0 Å². The highest BCUT2D eigenvalue weighted by Gasteiger charge is 2.42. The third-order valence-electron chi connectivity index (χ3n) is 21.6. The third kappa shape index (κ3) is 5.47. The summed E-state index contributed by atoms with van der Waals surface area (Å²) in [5, 5.41) is 36.3. The Labute approximate surface area is 508 Å². The van der Waals surface area contributed by atoms with Crippen LogP contribution in [0.2, 0.25) is 0 Å². The van der Waals surface area contributed by atoms with Crippen molar-refractivity contribution in [2.24, 2.45) is 0 Å². The number of rotatable bonds is 2. The average molecular weight is 1120 g/mol. The van der Waals surface area contributed by atoms with Gasteiger partial charge in [0.25, 0.3) is 6.71 Å². The van der Waals surface area contributed by atoms with Gasteiger partial charge in [0.1, 0.15) is 0 Å². The zero-order chi connectivity index (χ0) is 57.2. The first-order valence-corrected chi connectivity index (χ1v) is 31.3. The fourth-order valence-corrected chi connectivity index (χ4v) is 18.3. The fourth-order valence-electron chi connectivity index (χ4n) is 18.3. The minimum Gasteiger partial charge on any atom is -0.310 e. The van der Waals surface area contributed by atoms with Crippen LogP contribution in [-0.2, 0) is 0 Å². The van der Waals surface area contributed by atoms with Gasteiger partial charge in [0.05, 0.1) is 16.6 Å². The molecule has 19 aromatic carbocycles. The highest BCUT2D eigenvalue weighted by Crippen LogP contribution is 2.51. The van der Waals surface area contributed by atoms with E-state index >= 15 is 0 Å². The molecule has 23 rings (SSSR count). The van der Waals surface area contributed by atoms with E-state index in [-0.39, 0.29) is 6.71 Å². The molecule has 0 unspecified atom stereocenters. The Balaban J connectivity index is 0.918. The highest BCUT2D eigenvalue weighted by atomic mass is 15.0. The van der Waals surface area contributed by atoms with E-state index in [2.05, 4.69) is 282 Å². The number of hydrogen-bond acceptors (Lipinski definition) is 0. The van der Waals surface area contributed by atoms with Crippen molar-refractivity contribution in [1.29, 1.82) is 0 Å². The van der Waals surface area contributed by atoms with Crippen LogP contribution >= 0.6 is 0 Å². The van der Waals surface area contributed by atoms with Gasteiger partial charge in [0, 0.05) is 49.2 Å². The van der Waals surface area contributed by atoms with E-state index in [1.807, 2.05) is 0 Å². The van der Waals surface area contributed by atoms with Crippen molar-refractivity contribution in [3.05, 3.63) is 273 Å². The summed E-state index contributed by atoms with van der Waals surface area (Å²) in [6.07, 6.45) is 0. The molecule has 0 amide bonds. The molecule has 4 heterocycles. The first-order valence-electron chi connectivity index (χ1n) is 31.3. The van der Waals surface area contributed by atoms with Gasteiger partial charge in [-0.1, -0.05) is 224 Å². The van der Waals surface area contributed by atoms with E-state index in [1.165, 1.54) is 223 Å². The summed E-state index contributed by atoms with van der Waals surface area (Å²) in [6, 6.07) is 106. The van der Waals surface area contributed by atoms with Gasteiger partial charge >= 0.3 is 0 Å². The van der Waals surface area contributed by atoms with Gasteiger partial charge in [0.2, 0.25) is 0 Å². The smallest absolute Gasteiger partial charge is 0.252 e. The van der Waals surface area contributed by atoms with Crippen LogP contribution in [0.15, 0.2) is 273 Å². The van der Waals surface area contributed by atoms with Crippen molar-refractivity contribution in [3.63, 3.8) is 0 Å². The van der Waals surface area contributed by atoms with E-state index in [9.17, 15) is 0 Å². The maximum absolute atomic E-state index is 2.70. The lowest BCUT2D eigenvalue weighted by molar-refractivity contribution is 1.14. The summed E-state index contributed by atoms with van der Waals surface area (Å²) in [6.45, 7) is -0.121. The van der Waals surface area contributed by atoms with E-state index in [4.69, 9.17) is 0 Å². The van der Waals surface area contributed by atoms with Crippen LogP contribution in [0, 0.1) is 0 Å². The molecule has 0 atom stereocenters. The van der Waals surface area contributed by atoms with Gasteiger partial charge in [-0.3, -0.25) is 0 Å². The molecule has 2 nitrogen and oxygen atoms in total. The van der Waals surface area contributed by atoms with Crippen LogP contribution < -0.4 is 16.4 Å². The van der Waals surface area contributed by atoms with E-state index < -0.39 is 0 Å². The molecule has 402 valence electrons. The Morgan fingerprint density at radius 2 is 0.640 bits per heavy atom. The normalized spacial score (nSPS) is 13.1. The van der Waals surface area contributed by atoms with Crippen molar-refractivity contribution >= 4 is 196 Å². The summed E-state index contributed by atoms with van der Waals surface area (Å²) in [5.41, 5.74) is 16.5. The molecule has 3 heteroatoms. The molecule has 21 aromatic rings. The topological polar surface area (TPSA) is 9.86 Å². The molecular weight excluding hydrogens is 1070 g/mol. The molecule has 2 aliphatic heterocycles. The average Bonchev–Trinajstić information content (AvgIpc) is 1.60. The van der Waals surface area contributed by atoms with Gasteiger partial charge in [-0.2, -0.15) is 0 Å². The predicted octanol–water partition coefficient (Wildman–Crippen LogP) is 21.1. The number of hydrogen-bond donors (Lipinski definition) is 0. The number of aromatic nitrogens is 2. The predicted molar refractivity (Wildman–Crippen MR) is 383 cm³/mol. The molecule has 0 radical (unpaired) electrons. The van der Waals surface area contributed by atoms with E-state index in [1.54, 1.807) is 0 Å². The standard InChI is InChI=1S/C86H45BN2/c1-3-24-58-54(20-1)56-22-5-7-26-60(56)80-64(58)37-39-73-82(80)83-81-61-27-8-6-23-57(61)55-21-2-4-25-59(55)68(81)45-71-86(83)89(73)75-31-13-30-74-84(75)87(71)70-44-53(66-42-52-19-10-15-47-33-35-49-17-12-29-63(66)79(49)77(47)52)43-69-67-40-50(36-38-72(67)88(74)85(69)70)65-41-51-18-9-14-46-32-34-48-16-11-28-62(65)78(48)76(46)51/h1-45H. The second kappa shape index (κ2) is 15.9. The largest absolute Gasteiger partial charge is 0.310 e. The van der Waals surface area contributed by atoms with Crippen LogP contribution in [0.4, 0.5) is 0 Å². The van der Waals surface area contributed by atoms with Crippen LogP contribution in [-0.4, -0.2) is 15.8 Å². The summed E-state index contributed by atoms with van der Waals surface area (Å²) in [5.74, 6) is 0. The number of benzene rings is 19. The minimum atomic E-state index is -0.121. The summed E-state index contributed by atoms with van der Waals surface area (Å²) in [7, 11) is 0. The molecule has 0 saturated heterocycles. The van der Waals surface area contributed by atoms with Gasteiger partial charge < -0.3 is 9.13 Å². The summed E-state index contributed by atoms with van der Waals surface area (Å²) >= 11 is 0. The van der Waals surface area contributed by atoms with Crippen LogP contribution in [0.5, 0.6) is 0 Å². The number of nitrogens with zero attached hydrogens (tertiary/aromatic N) is 2. The lowest BCUT2D eigenvalue weighted by atomic mass is 9.34. The molecule has 0 saturated carbocycles. The maximum atomic E-state index is 2.70. The Kier molecular flexibility index (Phi) is 8.19. The van der Waals surface area contributed by atoms with Gasteiger partial charge in [-0.15, -0.1) is 0 Å². The first kappa shape index (κ1) is 45.8. The fraction of sp³-hybridized carbons (Fsp3) is 0. The van der Waals surface area contributed by atoms with Crippen molar-refractivity contribution in [2.45, 2.75) is 0 Å². The second-order valence-electron chi connectivity index (χ2n) is 25.6. The Hall–Kier alpha value is -11.5. The molecular formula is C86H45BN2. The number of fused-ring (bicyclic) bond motifs is 24. The maximum Gasteiger partial charge on any atom is 0.252 e. The zero-order valence-corrected chi connectivity index (χ0v) is 48.0. The molecule has 0 fully saturated rings. The molecule has 0 spiro atoms. The molecule has 0 bridgehead atoms. The zero-order valence-electron chi connectivity index (χ0n) is 48.0. The van der Waals surface area contributed by atoms with Gasteiger partial charge in [-0.05, 0) is 206 Å². The van der Waals surface area contributed by atoms with Crippen molar-refractivity contribution in [3.8, 4) is 33.6 Å². The minimum absolute atomic E-state index is 0.121. The Morgan fingerprint density at radius 3 is 1.24 bits per heavy atom. The van der Waals surface area contributed by atoms with E-state index in [0.717, 1.165) is 0 Å². The lowest BCUT2D eigenvalue weighted by Gasteiger charge is -2.34. The molecule has 89 heavy (non-hydrogen) atoms. The monoisotopic (exact) mass is 1120 g/mol. The quantitative estimate of drug-likeness (QED) is 0.121. The molecule has 0 N–H and O–H groups in total. The Bertz CT molecular complexity index is 6880. The lowest BCUT2D eigenvalue weighted by Crippen LogP contribution is -2.59. The molecule has 2 aliphatic rings. The molecule has 2 aromatic heterocycles. The van der Waals surface area contributed by atoms with Gasteiger partial charge in [0.15, 0.2) is 0 Å². The van der Waals surface area contributed by atoms with Crippen LogP contribution in [0.1, 0.15) is 0 Å². The second-order valence-corrected chi connectivity index (χ2v) is 25.6. The van der Waals surface area contributed by atoms with Crippen molar-refractivity contribution in [2.75, 3.05) is 0 Å². The summed E-state index contributed by atoms with van der Waals surface area (Å²) < 4.78 is 5.36. The Morgan fingerprint density at radius 1 is 0.213 bits per heavy atom. The van der Waals surface area contributed by atoms with E-state index in [0.29, 0.717) is 0 Å². The highest BCUT2D eigenvalue weighted by molar-refractivity contribution is 7.00. The first-order chi connectivity index (χ1) is 44.2.